The van der Waals surface area contributed by atoms with Gasteiger partial charge in [0.2, 0.25) is 0 Å². The van der Waals surface area contributed by atoms with E-state index in [1.54, 1.807) is 0 Å². The Hall–Kier alpha value is -0.0800. The number of hydrogen-bond donors (Lipinski definition) is 2. The average molecular weight is 238 g/mol. The van der Waals surface area contributed by atoms with E-state index in [1.165, 1.54) is 0 Å². The van der Waals surface area contributed by atoms with Crippen LogP contribution in [-0.4, -0.2) is 22.4 Å². The summed E-state index contributed by atoms with van der Waals surface area (Å²) in [6, 6.07) is 0. The fraction of sp³-hybridized carbons (Fsp3) is 1.00. The molecule has 2 N–H and O–H groups in total. The van der Waals surface area contributed by atoms with Gasteiger partial charge >= 0.3 is 0 Å². The molecule has 0 aromatic carbocycles. The Bertz CT molecular complexity index is 351. The summed E-state index contributed by atoms with van der Waals surface area (Å²) in [7, 11) is 0. The zero-order valence-electron chi connectivity index (χ0n) is 11.5. The lowest BCUT2D eigenvalue weighted by atomic mass is 9.66. The molecule has 6 unspecified atom stereocenters. The first-order valence-electron chi connectivity index (χ1n) is 7.08. The molecule has 3 rings (SSSR count). The normalized spacial score (nSPS) is 60.4. The number of hydrogen-bond acceptors (Lipinski definition) is 2. The van der Waals surface area contributed by atoms with Crippen LogP contribution in [0.5, 0.6) is 0 Å². The van der Waals surface area contributed by atoms with Crippen LogP contribution in [0.25, 0.3) is 0 Å². The summed E-state index contributed by atoms with van der Waals surface area (Å²) in [5, 5.41) is 20.8. The molecule has 3 saturated carbocycles. The van der Waals surface area contributed by atoms with Gasteiger partial charge in [0.1, 0.15) is 0 Å². The summed E-state index contributed by atoms with van der Waals surface area (Å²) in [5.74, 6) is 1.20. The second kappa shape index (κ2) is 3.08. The molecule has 0 bridgehead atoms. The molecular formula is C15H26O2. The minimum absolute atomic E-state index is 0.0312. The first-order valence-corrected chi connectivity index (χ1v) is 7.08. The molecule has 2 nitrogen and oxygen atoms in total. The van der Waals surface area contributed by atoms with Gasteiger partial charge in [0, 0.05) is 0 Å². The fourth-order valence-corrected chi connectivity index (χ4v) is 5.36. The molecule has 6 atom stereocenters. The first-order chi connectivity index (χ1) is 7.72. The zero-order valence-corrected chi connectivity index (χ0v) is 11.5. The minimum atomic E-state index is -0.183. The van der Waals surface area contributed by atoms with Gasteiger partial charge in [0.25, 0.3) is 0 Å². The highest BCUT2D eigenvalue weighted by Crippen LogP contribution is 2.73. The van der Waals surface area contributed by atoms with E-state index in [4.69, 9.17) is 0 Å². The smallest absolute Gasteiger partial charge is 0.0601 e. The summed E-state index contributed by atoms with van der Waals surface area (Å²) < 4.78 is 0. The van der Waals surface area contributed by atoms with E-state index in [0.717, 1.165) is 25.7 Å². The maximum Gasteiger partial charge on any atom is 0.0601 e. The van der Waals surface area contributed by atoms with Crippen LogP contribution in [-0.2, 0) is 0 Å². The Balaban J connectivity index is 2.03. The average Bonchev–Trinajstić information content (AvgIpc) is 2.81. The third kappa shape index (κ3) is 1.34. The zero-order chi connectivity index (χ0) is 12.6. The predicted molar refractivity (Wildman–Crippen MR) is 67.5 cm³/mol. The van der Waals surface area contributed by atoms with Gasteiger partial charge in [-0.25, -0.2) is 0 Å². The lowest BCUT2D eigenvalue weighted by Gasteiger charge is -2.38. The van der Waals surface area contributed by atoms with Gasteiger partial charge in [0.05, 0.1) is 12.2 Å². The lowest BCUT2D eigenvalue weighted by Crippen LogP contribution is -2.36. The SMILES string of the molecule is CC1(C)CC(O)C2(C)CCC(O)C3(C)CC3C12. The summed E-state index contributed by atoms with van der Waals surface area (Å²) in [6.45, 7) is 9.12. The Kier molecular flexibility index (Phi) is 2.17. The molecule has 3 aliphatic rings. The van der Waals surface area contributed by atoms with E-state index in [0.29, 0.717) is 11.8 Å². The third-order valence-corrected chi connectivity index (χ3v) is 6.50. The van der Waals surface area contributed by atoms with Crippen molar-refractivity contribution in [2.24, 2.45) is 28.1 Å². The van der Waals surface area contributed by atoms with Crippen molar-refractivity contribution in [2.75, 3.05) is 0 Å². The first kappa shape index (κ1) is 12.0. The fourth-order valence-electron chi connectivity index (χ4n) is 5.36. The summed E-state index contributed by atoms with van der Waals surface area (Å²) in [4.78, 5) is 0. The monoisotopic (exact) mass is 238 g/mol. The van der Waals surface area contributed by atoms with Crippen LogP contribution < -0.4 is 0 Å². The summed E-state index contributed by atoms with van der Waals surface area (Å²) in [5.41, 5.74) is 0.397. The second-order valence-electron chi connectivity index (χ2n) is 8.06. The maximum atomic E-state index is 10.5. The highest BCUT2D eigenvalue weighted by molar-refractivity contribution is 5.18. The Morgan fingerprint density at radius 2 is 1.53 bits per heavy atom. The van der Waals surface area contributed by atoms with E-state index < -0.39 is 0 Å². The molecule has 0 spiro atoms. The van der Waals surface area contributed by atoms with Crippen LogP contribution in [0.2, 0.25) is 0 Å². The number of aliphatic hydroxyl groups is 2. The molecule has 0 aliphatic heterocycles. The standard InChI is InChI=1S/C15H26O2/c1-13(2)8-11(17)14(3)6-5-10(16)15(4)7-9(15)12(13)14/h9-12,16-17H,5-8H2,1-4H3. The van der Waals surface area contributed by atoms with Crippen molar-refractivity contribution in [3.8, 4) is 0 Å². The van der Waals surface area contributed by atoms with Crippen molar-refractivity contribution in [3.63, 3.8) is 0 Å². The van der Waals surface area contributed by atoms with Crippen molar-refractivity contribution < 1.29 is 10.2 Å². The molecule has 3 aliphatic carbocycles. The number of rotatable bonds is 0. The van der Waals surface area contributed by atoms with Gasteiger partial charge in [-0.1, -0.05) is 27.7 Å². The molecular weight excluding hydrogens is 212 g/mol. The molecule has 0 saturated heterocycles. The van der Waals surface area contributed by atoms with Crippen molar-refractivity contribution >= 4 is 0 Å². The number of aliphatic hydroxyl groups excluding tert-OH is 2. The van der Waals surface area contributed by atoms with Crippen LogP contribution in [0.15, 0.2) is 0 Å². The van der Waals surface area contributed by atoms with Gasteiger partial charge in [-0.3, -0.25) is 0 Å². The van der Waals surface area contributed by atoms with Crippen LogP contribution >= 0.6 is 0 Å². The highest BCUT2D eigenvalue weighted by Gasteiger charge is 2.69. The van der Waals surface area contributed by atoms with E-state index in [9.17, 15) is 10.2 Å². The number of fused-ring (bicyclic) bond motifs is 3. The van der Waals surface area contributed by atoms with E-state index in [1.807, 2.05) is 0 Å². The Morgan fingerprint density at radius 3 is 2.18 bits per heavy atom. The molecule has 0 amide bonds. The van der Waals surface area contributed by atoms with Gasteiger partial charge in [-0.2, -0.15) is 0 Å². The molecule has 0 heterocycles. The quantitative estimate of drug-likeness (QED) is 0.681. The molecule has 98 valence electrons. The molecule has 0 radical (unpaired) electrons. The van der Waals surface area contributed by atoms with Crippen LogP contribution in [0.4, 0.5) is 0 Å². The van der Waals surface area contributed by atoms with Gasteiger partial charge in [-0.15, -0.1) is 0 Å². The lowest BCUT2D eigenvalue weighted by molar-refractivity contribution is 0.0189. The van der Waals surface area contributed by atoms with Crippen molar-refractivity contribution in [3.05, 3.63) is 0 Å². The van der Waals surface area contributed by atoms with E-state index in [-0.39, 0.29) is 28.5 Å². The third-order valence-electron chi connectivity index (χ3n) is 6.50. The highest BCUT2D eigenvalue weighted by atomic mass is 16.3. The van der Waals surface area contributed by atoms with Crippen LogP contribution in [0.3, 0.4) is 0 Å². The van der Waals surface area contributed by atoms with E-state index >= 15 is 0 Å². The van der Waals surface area contributed by atoms with Crippen molar-refractivity contribution in [1.82, 2.24) is 0 Å². The second-order valence-corrected chi connectivity index (χ2v) is 8.06. The topological polar surface area (TPSA) is 40.5 Å². The molecule has 0 aromatic heterocycles. The van der Waals surface area contributed by atoms with Crippen molar-refractivity contribution in [2.45, 2.75) is 65.6 Å². The summed E-state index contributed by atoms with van der Waals surface area (Å²) >= 11 is 0. The minimum Gasteiger partial charge on any atom is -0.393 e. The van der Waals surface area contributed by atoms with Gasteiger partial charge < -0.3 is 10.2 Å². The maximum absolute atomic E-state index is 10.5. The Labute approximate surface area is 104 Å². The van der Waals surface area contributed by atoms with Gasteiger partial charge in [-0.05, 0) is 53.8 Å². The molecule has 17 heavy (non-hydrogen) atoms. The van der Waals surface area contributed by atoms with Crippen molar-refractivity contribution in [1.29, 1.82) is 0 Å². The van der Waals surface area contributed by atoms with Crippen LogP contribution in [0.1, 0.15) is 53.4 Å². The molecule has 0 aromatic rings. The molecule has 2 heteroatoms. The largest absolute Gasteiger partial charge is 0.393 e. The van der Waals surface area contributed by atoms with Gasteiger partial charge in [0.15, 0.2) is 0 Å². The Morgan fingerprint density at radius 1 is 0.882 bits per heavy atom. The molecule has 3 fully saturated rings. The summed E-state index contributed by atoms with van der Waals surface area (Å²) in [6.07, 6.45) is 3.60. The van der Waals surface area contributed by atoms with Crippen LogP contribution in [0, 0.1) is 28.1 Å². The predicted octanol–water partition coefficient (Wildman–Crippen LogP) is 2.58. The van der Waals surface area contributed by atoms with E-state index in [2.05, 4.69) is 27.7 Å².